The zero-order valence-corrected chi connectivity index (χ0v) is 29.6. The van der Waals surface area contributed by atoms with E-state index < -0.39 is 42.4 Å². The lowest BCUT2D eigenvalue weighted by atomic mass is 9.77. The molecule has 2 aromatic rings. The van der Waals surface area contributed by atoms with Gasteiger partial charge in [0.1, 0.15) is 5.60 Å². The number of fused-ring (bicyclic) bond motifs is 2. The summed E-state index contributed by atoms with van der Waals surface area (Å²) >= 11 is 6.75. The van der Waals surface area contributed by atoms with Crippen LogP contribution in [-0.4, -0.2) is 53.1 Å². The Balaban J connectivity index is 0.000000437. The van der Waals surface area contributed by atoms with E-state index in [2.05, 4.69) is 27.5 Å². The van der Waals surface area contributed by atoms with Crippen LogP contribution in [-0.2, 0) is 23.2 Å². The fourth-order valence-corrected chi connectivity index (χ4v) is 6.39. The summed E-state index contributed by atoms with van der Waals surface area (Å²) in [6.07, 6.45) is 8.89. The normalized spacial score (nSPS) is 17.5. The molecule has 0 bridgehead atoms. The minimum absolute atomic E-state index is 0.0674. The number of nitrogens with one attached hydrogen (secondary N) is 2. The van der Waals surface area contributed by atoms with Gasteiger partial charge in [0.25, 0.3) is 12.3 Å². The zero-order valence-electron chi connectivity index (χ0n) is 28.9. The number of carbonyl (C=O) groups excluding carboxylic acids is 2. The van der Waals surface area contributed by atoms with E-state index >= 15 is 0 Å². The number of anilines is 1. The van der Waals surface area contributed by atoms with Crippen molar-refractivity contribution < 1.29 is 41.4 Å². The third kappa shape index (κ3) is 11.8. The van der Waals surface area contributed by atoms with E-state index in [4.69, 9.17) is 22.1 Å². The number of aromatic nitrogens is 1. The van der Waals surface area contributed by atoms with Crippen molar-refractivity contribution in [1.82, 2.24) is 10.3 Å². The van der Waals surface area contributed by atoms with Gasteiger partial charge in [-0.1, -0.05) is 89.5 Å². The molecular weight excluding hydrogens is 685 g/mol. The number of amides is 1. The second-order valence-corrected chi connectivity index (χ2v) is 13.9. The van der Waals surface area contributed by atoms with Crippen LogP contribution in [0, 0.1) is 5.92 Å². The summed E-state index contributed by atoms with van der Waals surface area (Å²) in [5.41, 5.74) is 6.82. The number of aliphatic hydroxyl groups is 1. The lowest BCUT2D eigenvalue weighted by Crippen LogP contribution is -2.35. The van der Waals surface area contributed by atoms with E-state index in [1.165, 1.54) is 51.9 Å². The number of hydrogen-bond acceptors (Lipinski definition) is 8. The first-order chi connectivity index (χ1) is 23.5. The second kappa shape index (κ2) is 18.1. The minimum Gasteiger partial charge on any atom is -0.471 e. The molecule has 5 rings (SSSR count). The van der Waals surface area contributed by atoms with Gasteiger partial charge in [0.05, 0.1) is 16.3 Å². The molecule has 2 heterocycles. The molecule has 2 aliphatic carbocycles. The van der Waals surface area contributed by atoms with Crippen molar-refractivity contribution in [3.8, 4) is 5.88 Å². The highest BCUT2D eigenvalue weighted by molar-refractivity contribution is 6.34. The van der Waals surface area contributed by atoms with Gasteiger partial charge in [-0.05, 0) is 60.3 Å². The quantitative estimate of drug-likeness (QED) is 0.151. The van der Waals surface area contributed by atoms with Gasteiger partial charge in [0, 0.05) is 6.54 Å². The zero-order chi connectivity index (χ0) is 37.2. The van der Waals surface area contributed by atoms with Crippen molar-refractivity contribution in [2.75, 3.05) is 11.9 Å². The lowest BCUT2D eigenvalue weighted by Gasteiger charge is -2.29. The maximum Gasteiger partial charge on any atom is 0.379 e. The fraction of sp³-hybridized carbons (Fsp3) is 0.600. The largest absolute Gasteiger partial charge is 0.471 e. The number of ketones is 1. The Bertz CT molecular complexity index is 1510. The summed E-state index contributed by atoms with van der Waals surface area (Å²) < 4.78 is 59.6. The highest BCUT2D eigenvalue weighted by Gasteiger charge is 2.47. The number of alkyl halides is 5. The van der Waals surface area contributed by atoms with Crippen LogP contribution in [0.15, 0.2) is 23.2 Å². The molecule has 50 heavy (non-hydrogen) atoms. The molecule has 5 N–H and O–H groups in total. The molecule has 0 saturated heterocycles. The van der Waals surface area contributed by atoms with Gasteiger partial charge in [-0.15, -0.1) is 0 Å². The predicted octanol–water partition coefficient (Wildman–Crippen LogP) is 8.16. The number of benzene rings is 1. The summed E-state index contributed by atoms with van der Waals surface area (Å²) in [5.74, 6) is 0.0714. The molecule has 1 amide bonds. The third-order valence-electron chi connectivity index (χ3n) is 8.84. The number of rotatable bonds is 9. The van der Waals surface area contributed by atoms with E-state index in [1.807, 2.05) is 19.9 Å². The molecular formula is C35H47ClF5N5O4. The Labute approximate surface area is 294 Å². The highest BCUT2D eigenvalue weighted by Crippen LogP contribution is 2.42. The summed E-state index contributed by atoms with van der Waals surface area (Å²) in [6, 6.07) is 5.19. The molecule has 0 atom stereocenters. The van der Waals surface area contributed by atoms with Gasteiger partial charge in [-0.3, -0.25) is 9.59 Å². The molecule has 1 aromatic carbocycles. The summed E-state index contributed by atoms with van der Waals surface area (Å²) in [6.45, 7) is 3.04. The van der Waals surface area contributed by atoms with Crippen molar-refractivity contribution >= 4 is 40.8 Å². The molecule has 0 spiro atoms. The van der Waals surface area contributed by atoms with Gasteiger partial charge in [-0.2, -0.15) is 23.1 Å². The molecule has 2 saturated carbocycles. The number of aliphatic imine (C=N–C) groups is 1. The third-order valence-corrected chi connectivity index (χ3v) is 9.27. The average molecular weight is 732 g/mol. The lowest BCUT2D eigenvalue weighted by molar-refractivity contribution is -0.131. The van der Waals surface area contributed by atoms with Gasteiger partial charge >= 0.3 is 6.68 Å². The molecule has 0 radical (unpaired) electrons. The van der Waals surface area contributed by atoms with Crippen LogP contribution in [0.5, 0.6) is 5.88 Å². The Hall–Kier alpha value is -3.52. The standard InChI is InChI=1S/C25H28ClF2N5O4.C9H18.CHF3/c1-12(34)15-8-14-9-24(2,3)16-5-4-13(10-30-22(35)25(36)6-7-25)18(26)19(16)31-23(29)33-20(14)32-21(15)37-11-17(27)28;1-2-6-9-7-4-3-5-8-9;2-1(3)4/h4-5,8,17,36H,6-7,9-11H2,1-3H3,(H,30,35)(H3,29,31,32,33);9H,2-8H2,1H3;1H. The van der Waals surface area contributed by atoms with Crippen LogP contribution in [0.3, 0.4) is 0 Å². The Morgan fingerprint density at radius 3 is 2.34 bits per heavy atom. The van der Waals surface area contributed by atoms with Crippen molar-refractivity contribution in [2.45, 2.75) is 123 Å². The first kappa shape index (κ1) is 40.9. The molecule has 2 fully saturated rings. The average Bonchev–Trinajstić information content (AvgIpc) is 3.79. The Kier molecular flexibility index (Phi) is 14.8. The SMILES string of the molecule is CC(=O)c1cc2c(nc1OCC(F)F)N=C(N)Nc1c(ccc(CNC(=O)C3(O)CC3)c1Cl)C(C)(C)C2.CCCC1CCCCC1.FC(F)F. The number of halogens is 6. The number of hydrogen-bond donors (Lipinski definition) is 4. The number of Topliss-reactive ketones (excluding diaryl/α,β-unsaturated/α-hetero) is 1. The molecule has 9 nitrogen and oxygen atoms in total. The van der Waals surface area contributed by atoms with Crippen LogP contribution in [0.4, 0.5) is 33.5 Å². The number of nitrogens with two attached hydrogens (primary N) is 1. The van der Waals surface area contributed by atoms with Crippen molar-refractivity contribution in [3.05, 3.63) is 45.5 Å². The maximum atomic E-state index is 12.8. The molecule has 15 heteroatoms. The van der Waals surface area contributed by atoms with E-state index in [9.17, 15) is 36.6 Å². The molecule has 0 unspecified atom stereocenters. The number of pyridine rings is 1. The predicted molar refractivity (Wildman–Crippen MR) is 183 cm³/mol. The fourth-order valence-electron chi connectivity index (χ4n) is 6.11. The van der Waals surface area contributed by atoms with E-state index in [0.717, 1.165) is 11.5 Å². The molecule has 1 aromatic heterocycles. The molecule has 278 valence electrons. The topological polar surface area (TPSA) is 139 Å². The van der Waals surface area contributed by atoms with Crippen LogP contribution in [0.1, 0.15) is 113 Å². The van der Waals surface area contributed by atoms with Crippen molar-refractivity contribution in [2.24, 2.45) is 16.6 Å². The number of guanidine groups is 1. The van der Waals surface area contributed by atoms with Crippen LogP contribution < -0.4 is 21.1 Å². The van der Waals surface area contributed by atoms with Crippen LogP contribution >= 0.6 is 11.6 Å². The number of carbonyl (C=O) groups is 2. The van der Waals surface area contributed by atoms with Crippen molar-refractivity contribution in [1.29, 1.82) is 0 Å². The number of ether oxygens (including phenoxy) is 1. The van der Waals surface area contributed by atoms with E-state index in [0.29, 0.717) is 41.1 Å². The first-order valence-corrected chi connectivity index (χ1v) is 17.2. The van der Waals surface area contributed by atoms with E-state index in [-0.39, 0.29) is 29.8 Å². The smallest absolute Gasteiger partial charge is 0.379 e. The second-order valence-electron chi connectivity index (χ2n) is 13.5. The van der Waals surface area contributed by atoms with Crippen LogP contribution in [0.25, 0.3) is 0 Å². The van der Waals surface area contributed by atoms with Crippen molar-refractivity contribution in [3.63, 3.8) is 0 Å². The van der Waals surface area contributed by atoms with Gasteiger partial charge in [0.15, 0.2) is 24.2 Å². The van der Waals surface area contributed by atoms with E-state index in [1.54, 1.807) is 12.1 Å². The number of nitrogens with zero attached hydrogens (tertiary/aromatic N) is 2. The Morgan fingerprint density at radius 2 is 1.78 bits per heavy atom. The van der Waals surface area contributed by atoms with Crippen LogP contribution in [0.2, 0.25) is 5.02 Å². The summed E-state index contributed by atoms with van der Waals surface area (Å²) in [4.78, 5) is 33.0. The van der Waals surface area contributed by atoms with Gasteiger partial charge in [0.2, 0.25) is 5.88 Å². The minimum atomic E-state index is -3.67. The van der Waals surface area contributed by atoms with Gasteiger partial charge in [-0.25, -0.2) is 8.78 Å². The molecule has 1 aliphatic heterocycles. The molecule has 3 aliphatic rings. The van der Waals surface area contributed by atoms with Gasteiger partial charge < -0.3 is 26.2 Å². The summed E-state index contributed by atoms with van der Waals surface area (Å²) in [7, 11) is 0. The summed E-state index contributed by atoms with van der Waals surface area (Å²) in [5, 5.41) is 16.0. The monoisotopic (exact) mass is 731 g/mol. The maximum absolute atomic E-state index is 12.8. The highest BCUT2D eigenvalue weighted by atomic mass is 35.5. The Morgan fingerprint density at radius 1 is 1.14 bits per heavy atom. The first-order valence-electron chi connectivity index (χ1n) is 16.8.